The summed E-state index contributed by atoms with van der Waals surface area (Å²) in [4.78, 5) is 17.8. The van der Waals surface area contributed by atoms with Gasteiger partial charge in [0.25, 0.3) is 0 Å². The number of aliphatic imine (C=N–C) groups is 1. The SMILES string of the molecule is CN=C(NCCCN1CCCC(C(N)=O)C1)NCc1ccc(F)cc1.I. The minimum atomic E-state index is -0.234. The molecule has 1 amide bonds. The van der Waals surface area contributed by atoms with Crippen LogP contribution in [0.5, 0.6) is 0 Å². The van der Waals surface area contributed by atoms with Gasteiger partial charge in [-0.2, -0.15) is 0 Å². The van der Waals surface area contributed by atoms with E-state index in [9.17, 15) is 9.18 Å². The van der Waals surface area contributed by atoms with E-state index in [1.165, 1.54) is 12.1 Å². The van der Waals surface area contributed by atoms with Gasteiger partial charge in [-0.05, 0) is 50.0 Å². The van der Waals surface area contributed by atoms with Crippen LogP contribution in [-0.4, -0.2) is 50.0 Å². The molecule has 146 valence electrons. The second-order valence-corrected chi connectivity index (χ2v) is 6.37. The third kappa shape index (κ3) is 7.86. The van der Waals surface area contributed by atoms with E-state index in [2.05, 4.69) is 20.5 Å². The van der Waals surface area contributed by atoms with Crippen molar-refractivity contribution in [2.24, 2.45) is 16.6 Å². The highest BCUT2D eigenvalue weighted by molar-refractivity contribution is 14.0. The van der Waals surface area contributed by atoms with Crippen LogP contribution >= 0.6 is 24.0 Å². The van der Waals surface area contributed by atoms with Crippen LogP contribution in [0.2, 0.25) is 0 Å². The molecule has 2 rings (SSSR count). The van der Waals surface area contributed by atoms with E-state index in [0.717, 1.165) is 57.0 Å². The van der Waals surface area contributed by atoms with Gasteiger partial charge in [-0.3, -0.25) is 9.79 Å². The lowest BCUT2D eigenvalue weighted by molar-refractivity contribution is -0.123. The molecule has 1 heterocycles. The number of amides is 1. The van der Waals surface area contributed by atoms with Crippen LogP contribution in [0.15, 0.2) is 29.3 Å². The molecule has 1 saturated heterocycles. The summed E-state index contributed by atoms with van der Waals surface area (Å²) in [7, 11) is 1.72. The van der Waals surface area contributed by atoms with E-state index >= 15 is 0 Å². The number of nitrogens with two attached hydrogens (primary N) is 1. The van der Waals surface area contributed by atoms with E-state index in [0.29, 0.717) is 6.54 Å². The number of nitrogens with one attached hydrogen (secondary N) is 2. The van der Waals surface area contributed by atoms with Crippen LogP contribution < -0.4 is 16.4 Å². The monoisotopic (exact) mass is 477 g/mol. The molecule has 0 aromatic heterocycles. The molecular formula is C18H29FIN5O. The lowest BCUT2D eigenvalue weighted by atomic mass is 9.97. The smallest absolute Gasteiger partial charge is 0.221 e. The molecule has 0 aliphatic carbocycles. The van der Waals surface area contributed by atoms with Crippen molar-refractivity contribution < 1.29 is 9.18 Å². The van der Waals surface area contributed by atoms with Gasteiger partial charge in [0.2, 0.25) is 5.91 Å². The molecule has 1 fully saturated rings. The zero-order valence-electron chi connectivity index (χ0n) is 15.2. The average molecular weight is 477 g/mol. The number of nitrogens with zero attached hydrogens (tertiary/aromatic N) is 2. The topological polar surface area (TPSA) is 82.8 Å². The van der Waals surface area contributed by atoms with Gasteiger partial charge in [-0.1, -0.05) is 12.1 Å². The predicted octanol–water partition coefficient (Wildman–Crippen LogP) is 1.70. The van der Waals surface area contributed by atoms with Gasteiger partial charge >= 0.3 is 0 Å². The third-order valence-electron chi connectivity index (χ3n) is 4.45. The van der Waals surface area contributed by atoms with Gasteiger partial charge < -0.3 is 21.3 Å². The number of carbonyl (C=O) groups excluding carboxylic acids is 1. The highest BCUT2D eigenvalue weighted by atomic mass is 127. The molecule has 1 atom stereocenters. The number of carbonyl (C=O) groups is 1. The van der Waals surface area contributed by atoms with Crippen molar-refractivity contribution in [1.29, 1.82) is 0 Å². The molecule has 4 N–H and O–H groups in total. The van der Waals surface area contributed by atoms with Crippen LogP contribution in [0.25, 0.3) is 0 Å². The van der Waals surface area contributed by atoms with E-state index in [-0.39, 0.29) is 41.6 Å². The number of hydrogen-bond donors (Lipinski definition) is 3. The van der Waals surface area contributed by atoms with Crippen LogP contribution in [0.3, 0.4) is 0 Å². The molecule has 6 nitrogen and oxygen atoms in total. The lowest BCUT2D eigenvalue weighted by Crippen LogP contribution is -2.42. The number of halogens is 2. The molecule has 0 radical (unpaired) electrons. The summed E-state index contributed by atoms with van der Waals surface area (Å²) in [5, 5.41) is 6.48. The maximum atomic E-state index is 12.9. The Morgan fingerprint density at radius 1 is 1.35 bits per heavy atom. The number of primary amides is 1. The molecule has 1 aliphatic rings. The Hall–Kier alpha value is -1.42. The van der Waals surface area contributed by atoms with E-state index < -0.39 is 0 Å². The molecule has 8 heteroatoms. The quantitative estimate of drug-likeness (QED) is 0.242. The number of guanidine groups is 1. The first-order valence-electron chi connectivity index (χ1n) is 8.79. The number of likely N-dealkylation sites (tertiary alicyclic amines) is 1. The molecule has 0 spiro atoms. The highest BCUT2D eigenvalue weighted by Gasteiger charge is 2.23. The molecule has 1 aliphatic heterocycles. The number of hydrogen-bond acceptors (Lipinski definition) is 3. The fourth-order valence-electron chi connectivity index (χ4n) is 3.01. The molecule has 1 aromatic carbocycles. The van der Waals surface area contributed by atoms with Crippen molar-refractivity contribution >= 4 is 35.8 Å². The maximum absolute atomic E-state index is 12.9. The molecule has 0 bridgehead atoms. The number of benzene rings is 1. The van der Waals surface area contributed by atoms with Crippen LogP contribution in [0.4, 0.5) is 4.39 Å². The van der Waals surface area contributed by atoms with Gasteiger partial charge in [-0.25, -0.2) is 4.39 Å². The molecule has 0 saturated carbocycles. The zero-order chi connectivity index (χ0) is 18.1. The summed E-state index contributed by atoms with van der Waals surface area (Å²) in [6, 6.07) is 6.40. The van der Waals surface area contributed by atoms with Crippen LogP contribution in [0, 0.1) is 11.7 Å². The highest BCUT2D eigenvalue weighted by Crippen LogP contribution is 2.15. The summed E-state index contributed by atoms with van der Waals surface area (Å²) in [5.41, 5.74) is 6.40. The Labute approximate surface area is 171 Å². The molecular weight excluding hydrogens is 448 g/mol. The van der Waals surface area contributed by atoms with Crippen molar-refractivity contribution in [3.63, 3.8) is 0 Å². The minimum Gasteiger partial charge on any atom is -0.369 e. The van der Waals surface area contributed by atoms with E-state index in [1.807, 2.05) is 0 Å². The minimum absolute atomic E-state index is 0. The van der Waals surface area contributed by atoms with Gasteiger partial charge in [0.05, 0.1) is 5.92 Å². The average Bonchev–Trinajstić information content (AvgIpc) is 2.62. The predicted molar refractivity (Wildman–Crippen MR) is 113 cm³/mol. The van der Waals surface area contributed by atoms with Crippen LogP contribution in [-0.2, 0) is 11.3 Å². The van der Waals surface area contributed by atoms with Gasteiger partial charge in [0.1, 0.15) is 5.82 Å². The number of rotatable bonds is 7. The van der Waals surface area contributed by atoms with Crippen molar-refractivity contribution in [3.8, 4) is 0 Å². The first kappa shape index (κ1) is 22.6. The van der Waals surface area contributed by atoms with Gasteiger partial charge in [0.15, 0.2) is 5.96 Å². The van der Waals surface area contributed by atoms with Crippen molar-refractivity contribution in [1.82, 2.24) is 15.5 Å². The maximum Gasteiger partial charge on any atom is 0.221 e. The first-order chi connectivity index (χ1) is 12.1. The standard InChI is InChI=1S/C18H28FN5O.HI/c1-21-18(23-12-14-5-7-16(19)8-6-14)22-9-3-11-24-10-2-4-15(13-24)17(20)25;/h5-8,15H,2-4,9-13H2,1H3,(H2,20,25)(H2,21,22,23);1H. The second-order valence-electron chi connectivity index (χ2n) is 6.37. The summed E-state index contributed by atoms with van der Waals surface area (Å²) in [6.45, 7) is 4.12. The summed E-state index contributed by atoms with van der Waals surface area (Å²) in [5.74, 6) is 0.292. The zero-order valence-corrected chi connectivity index (χ0v) is 17.5. The van der Waals surface area contributed by atoms with Crippen molar-refractivity contribution in [2.75, 3.05) is 33.2 Å². The Kier molecular flexibility index (Phi) is 10.5. The van der Waals surface area contributed by atoms with Crippen molar-refractivity contribution in [3.05, 3.63) is 35.6 Å². The Morgan fingerprint density at radius 3 is 2.73 bits per heavy atom. The largest absolute Gasteiger partial charge is 0.369 e. The molecule has 26 heavy (non-hydrogen) atoms. The fraction of sp³-hybridized carbons (Fsp3) is 0.556. The Bertz CT molecular complexity index is 581. The summed E-state index contributed by atoms with van der Waals surface area (Å²) >= 11 is 0. The van der Waals surface area contributed by atoms with Crippen molar-refractivity contribution in [2.45, 2.75) is 25.8 Å². The Balaban J connectivity index is 0.00000338. The summed E-state index contributed by atoms with van der Waals surface area (Å²) < 4.78 is 12.9. The van der Waals surface area contributed by atoms with E-state index in [1.54, 1.807) is 19.2 Å². The lowest BCUT2D eigenvalue weighted by Gasteiger charge is -2.31. The fourth-order valence-corrected chi connectivity index (χ4v) is 3.01. The normalized spacial score (nSPS) is 18.1. The second kappa shape index (κ2) is 12.1. The molecule has 1 unspecified atom stereocenters. The Morgan fingerprint density at radius 2 is 2.08 bits per heavy atom. The summed E-state index contributed by atoms with van der Waals surface area (Å²) in [6.07, 6.45) is 2.90. The van der Waals surface area contributed by atoms with Gasteiger partial charge in [-0.15, -0.1) is 24.0 Å². The third-order valence-corrected chi connectivity index (χ3v) is 4.45. The number of piperidine rings is 1. The van der Waals surface area contributed by atoms with E-state index in [4.69, 9.17) is 5.73 Å². The first-order valence-corrected chi connectivity index (χ1v) is 8.79. The molecule has 1 aromatic rings. The van der Waals surface area contributed by atoms with Crippen LogP contribution in [0.1, 0.15) is 24.8 Å². The van der Waals surface area contributed by atoms with Gasteiger partial charge in [0, 0.05) is 26.7 Å².